The van der Waals surface area contributed by atoms with Gasteiger partial charge in [0, 0.05) is 5.56 Å². The maximum Gasteiger partial charge on any atom is 0.270 e. The summed E-state index contributed by atoms with van der Waals surface area (Å²) in [5, 5.41) is 13.5. The van der Waals surface area contributed by atoms with Gasteiger partial charge in [-0.25, -0.2) is 10.4 Å². The first-order valence-electron chi connectivity index (χ1n) is 10.3. The molecule has 0 spiro atoms. The first-order valence-corrected chi connectivity index (χ1v) is 10.3. The number of aromatic nitrogens is 2. The topological polar surface area (TPSA) is 103 Å². The zero-order valence-corrected chi connectivity index (χ0v) is 17.0. The molecule has 0 saturated heterocycles. The van der Waals surface area contributed by atoms with Crippen LogP contribution in [0.1, 0.15) is 42.4 Å². The van der Waals surface area contributed by atoms with E-state index in [9.17, 15) is 10.1 Å². The van der Waals surface area contributed by atoms with E-state index in [-0.39, 0.29) is 11.5 Å². The average Bonchev–Trinajstić information content (AvgIpc) is 3.32. The number of ether oxygens (including phenoxy) is 1. The number of nitriles is 1. The maximum absolute atomic E-state index is 12.3. The van der Waals surface area contributed by atoms with Crippen LogP contribution < -0.4 is 11.0 Å². The number of aromatic amines is 1. The summed E-state index contributed by atoms with van der Waals surface area (Å²) < 4.78 is 5.97. The maximum atomic E-state index is 12.3. The second-order valence-corrected chi connectivity index (χ2v) is 7.45. The quantitative estimate of drug-likeness (QED) is 0.446. The fourth-order valence-electron chi connectivity index (χ4n) is 3.64. The fourth-order valence-corrected chi connectivity index (χ4v) is 3.64. The molecule has 1 fully saturated rings. The van der Waals surface area contributed by atoms with Crippen molar-refractivity contribution in [1.29, 1.82) is 5.26 Å². The summed E-state index contributed by atoms with van der Waals surface area (Å²) in [6.45, 7) is 0.588. The van der Waals surface area contributed by atoms with E-state index in [1.54, 1.807) is 18.3 Å². The molecule has 1 aliphatic rings. The van der Waals surface area contributed by atoms with Gasteiger partial charge in [-0.3, -0.25) is 9.78 Å². The van der Waals surface area contributed by atoms with Crippen LogP contribution in [0.3, 0.4) is 0 Å². The van der Waals surface area contributed by atoms with Crippen molar-refractivity contribution in [3.63, 3.8) is 0 Å². The van der Waals surface area contributed by atoms with E-state index < -0.39 is 5.56 Å². The highest BCUT2D eigenvalue weighted by Crippen LogP contribution is 2.22. The van der Waals surface area contributed by atoms with E-state index in [0.29, 0.717) is 24.0 Å². The van der Waals surface area contributed by atoms with Gasteiger partial charge in [0.1, 0.15) is 11.6 Å². The minimum absolute atomic E-state index is 0.0318. The van der Waals surface area contributed by atoms with Crippen molar-refractivity contribution >= 4 is 12.2 Å². The third-order valence-corrected chi connectivity index (χ3v) is 5.20. The Bertz CT molecular complexity index is 1160. The molecular formula is C24H23N5O2. The van der Waals surface area contributed by atoms with E-state index in [1.807, 2.05) is 48.5 Å². The standard InChI is InChI=1S/C24H23N5O2/c25-14-21-22(19-9-2-1-3-10-19)27-24(28-23(21)30)29-26-15-17-7-6-8-18(13-17)16-31-20-11-4-5-12-20/h1-3,6-10,13,15,20H,4-5,11-12,16H2,(H2,27,28,29,30). The normalized spacial score (nSPS) is 14.0. The fraction of sp³-hybridized carbons (Fsp3) is 0.250. The molecule has 0 amide bonds. The smallest absolute Gasteiger partial charge is 0.270 e. The van der Waals surface area contributed by atoms with Crippen LogP contribution in [0, 0.1) is 11.3 Å². The molecule has 3 aromatic rings. The lowest BCUT2D eigenvalue weighted by Crippen LogP contribution is -2.16. The molecule has 31 heavy (non-hydrogen) atoms. The molecule has 0 unspecified atom stereocenters. The summed E-state index contributed by atoms with van der Waals surface area (Å²) in [5.74, 6) is 0.167. The molecule has 2 aromatic carbocycles. The van der Waals surface area contributed by atoms with Gasteiger partial charge in [0.2, 0.25) is 5.95 Å². The molecule has 0 bridgehead atoms. The third-order valence-electron chi connectivity index (χ3n) is 5.20. The minimum Gasteiger partial charge on any atom is -0.374 e. The van der Waals surface area contributed by atoms with E-state index in [2.05, 4.69) is 20.5 Å². The van der Waals surface area contributed by atoms with Gasteiger partial charge in [-0.1, -0.05) is 61.4 Å². The predicted octanol–water partition coefficient (Wildman–Crippen LogP) is 4.21. The Balaban J connectivity index is 1.46. The number of nitrogens with zero attached hydrogens (tertiary/aromatic N) is 3. The van der Waals surface area contributed by atoms with Gasteiger partial charge < -0.3 is 4.74 Å². The van der Waals surface area contributed by atoms with Crippen molar-refractivity contribution in [1.82, 2.24) is 9.97 Å². The van der Waals surface area contributed by atoms with Crippen LogP contribution in [-0.2, 0) is 11.3 Å². The molecule has 4 rings (SSSR count). The number of hydrogen-bond donors (Lipinski definition) is 2. The van der Waals surface area contributed by atoms with Crippen molar-refractivity contribution in [2.45, 2.75) is 38.4 Å². The first kappa shape index (κ1) is 20.5. The van der Waals surface area contributed by atoms with Gasteiger partial charge in [-0.05, 0) is 30.0 Å². The average molecular weight is 413 g/mol. The molecule has 1 aliphatic carbocycles. The number of rotatable bonds is 7. The van der Waals surface area contributed by atoms with Crippen LogP contribution in [-0.4, -0.2) is 22.3 Å². The summed E-state index contributed by atoms with van der Waals surface area (Å²) >= 11 is 0. The molecule has 7 heteroatoms. The van der Waals surface area contributed by atoms with E-state index in [0.717, 1.165) is 24.0 Å². The van der Waals surface area contributed by atoms with Crippen molar-refractivity contribution < 1.29 is 4.74 Å². The largest absolute Gasteiger partial charge is 0.374 e. The highest BCUT2D eigenvalue weighted by atomic mass is 16.5. The molecule has 1 heterocycles. The van der Waals surface area contributed by atoms with Crippen LogP contribution in [0.25, 0.3) is 11.3 Å². The van der Waals surface area contributed by atoms with Crippen LogP contribution in [0.4, 0.5) is 5.95 Å². The van der Waals surface area contributed by atoms with Crippen LogP contribution in [0.2, 0.25) is 0 Å². The Morgan fingerprint density at radius 2 is 2.00 bits per heavy atom. The monoisotopic (exact) mass is 413 g/mol. The number of nitrogens with one attached hydrogen (secondary N) is 2. The summed E-state index contributed by atoms with van der Waals surface area (Å²) in [6, 6.07) is 19.0. The Morgan fingerprint density at radius 3 is 2.77 bits per heavy atom. The molecule has 0 aliphatic heterocycles. The molecule has 0 radical (unpaired) electrons. The Labute approximate surface area is 180 Å². The van der Waals surface area contributed by atoms with Crippen molar-refractivity contribution in [3.05, 3.63) is 81.6 Å². The molecule has 1 saturated carbocycles. The number of benzene rings is 2. The molecule has 0 atom stereocenters. The van der Waals surface area contributed by atoms with Crippen LogP contribution in [0.15, 0.2) is 64.5 Å². The van der Waals surface area contributed by atoms with Gasteiger partial charge in [-0.15, -0.1) is 0 Å². The second-order valence-electron chi connectivity index (χ2n) is 7.45. The van der Waals surface area contributed by atoms with Crippen molar-refractivity contribution in [2.24, 2.45) is 5.10 Å². The van der Waals surface area contributed by atoms with Gasteiger partial charge in [0.25, 0.3) is 5.56 Å². The lowest BCUT2D eigenvalue weighted by molar-refractivity contribution is 0.0457. The van der Waals surface area contributed by atoms with Gasteiger partial charge >= 0.3 is 0 Å². The van der Waals surface area contributed by atoms with E-state index >= 15 is 0 Å². The highest BCUT2D eigenvalue weighted by Gasteiger charge is 2.15. The summed E-state index contributed by atoms with van der Waals surface area (Å²) in [6.07, 6.45) is 6.81. The summed E-state index contributed by atoms with van der Waals surface area (Å²) in [7, 11) is 0. The summed E-state index contributed by atoms with van der Waals surface area (Å²) in [5.41, 5.74) is 5.20. The highest BCUT2D eigenvalue weighted by molar-refractivity contribution is 5.80. The zero-order chi connectivity index (χ0) is 21.5. The van der Waals surface area contributed by atoms with Gasteiger partial charge in [0.15, 0.2) is 0 Å². The van der Waals surface area contributed by atoms with Crippen LogP contribution in [0.5, 0.6) is 0 Å². The zero-order valence-electron chi connectivity index (χ0n) is 17.0. The molecule has 1 aromatic heterocycles. The molecule has 7 nitrogen and oxygen atoms in total. The molecule has 156 valence electrons. The summed E-state index contributed by atoms with van der Waals surface area (Å²) in [4.78, 5) is 19.2. The minimum atomic E-state index is -0.514. The lowest BCUT2D eigenvalue weighted by Gasteiger charge is -2.11. The van der Waals surface area contributed by atoms with E-state index in [1.165, 1.54) is 12.8 Å². The number of hydrazone groups is 1. The van der Waals surface area contributed by atoms with Gasteiger partial charge in [0.05, 0.1) is 24.6 Å². The Hall–Kier alpha value is -3.76. The van der Waals surface area contributed by atoms with Crippen molar-refractivity contribution in [2.75, 3.05) is 5.43 Å². The predicted molar refractivity (Wildman–Crippen MR) is 120 cm³/mol. The third kappa shape index (κ3) is 5.24. The Morgan fingerprint density at radius 1 is 1.19 bits per heavy atom. The Kier molecular flexibility index (Phi) is 6.50. The van der Waals surface area contributed by atoms with Crippen LogP contribution >= 0.6 is 0 Å². The number of anilines is 1. The number of H-pyrrole nitrogens is 1. The lowest BCUT2D eigenvalue weighted by atomic mass is 10.1. The second kappa shape index (κ2) is 9.83. The first-order chi connectivity index (χ1) is 15.2. The SMILES string of the molecule is N#Cc1c(-c2ccccc2)nc(NN=Cc2cccc(COC3CCCC3)c2)[nH]c1=O. The molecular weight excluding hydrogens is 390 g/mol. The molecule has 2 N–H and O–H groups in total. The van der Waals surface area contributed by atoms with E-state index in [4.69, 9.17) is 4.74 Å². The van der Waals surface area contributed by atoms with Crippen molar-refractivity contribution in [3.8, 4) is 17.3 Å². The number of hydrogen-bond acceptors (Lipinski definition) is 6. The van der Waals surface area contributed by atoms with Gasteiger partial charge in [-0.2, -0.15) is 10.4 Å².